The van der Waals surface area contributed by atoms with Crippen molar-refractivity contribution < 1.29 is 19.1 Å². The lowest BCUT2D eigenvalue weighted by molar-refractivity contribution is -0.142. The van der Waals surface area contributed by atoms with Gasteiger partial charge in [-0.15, -0.1) is 0 Å². The van der Waals surface area contributed by atoms with E-state index in [-0.39, 0.29) is 24.2 Å². The topological polar surface area (TPSA) is 76.7 Å². The Labute approximate surface area is 134 Å². The first-order chi connectivity index (χ1) is 11.0. The summed E-state index contributed by atoms with van der Waals surface area (Å²) in [6.45, 7) is 4.09. The second kappa shape index (κ2) is 7.81. The summed E-state index contributed by atoms with van der Waals surface area (Å²) in [5, 5.41) is 10.2. The van der Waals surface area contributed by atoms with Crippen molar-refractivity contribution in [2.24, 2.45) is 0 Å². The highest BCUT2D eigenvalue weighted by Crippen LogP contribution is 2.24. The van der Waals surface area contributed by atoms with Gasteiger partial charge < -0.3 is 14.3 Å². The van der Waals surface area contributed by atoms with Crippen LogP contribution in [0.5, 0.6) is 5.75 Å². The van der Waals surface area contributed by atoms with Crippen LogP contribution < -0.4 is 5.43 Å². The van der Waals surface area contributed by atoms with Gasteiger partial charge in [0.15, 0.2) is 5.43 Å². The van der Waals surface area contributed by atoms with Crippen LogP contribution in [0.25, 0.3) is 11.0 Å². The van der Waals surface area contributed by atoms with E-state index in [1.54, 1.807) is 6.92 Å². The fourth-order valence-corrected chi connectivity index (χ4v) is 2.59. The van der Waals surface area contributed by atoms with Crippen LogP contribution in [0.15, 0.2) is 27.4 Å². The van der Waals surface area contributed by atoms with Gasteiger partial charge in [0.1, 0.15) is 17.1 Å². The van der Waals surface area contributed by atoms with Crippen LogP contribution in [0.1, 0.15) is 44.4 Å². The highest BCUT2D eigenvalue weighted by Gasteiger charge is 2.14. The molecule has 23 heavy (non-hydrogen) atoms. The number of carbonyl (C=O) groups excluding carboxylic acids is 1. The number of fused-ring (bicyclic) bond motifs is 1. The number of ether oxygens (including phenoxy) is 1. The number of benzene rings is 1. The van der Waals surface area contributed by atoms with Gasteiger partial charge in [-0.05, 0) is 25.0 Å². The van der Waals surface area contributed by atoms with E-state index in [9.17, 15) is 14.7 Å². The van der Waals surface area contributed by atoms with Crippen LogP contribution >= 0.6 is 0 Å². The Kier molecular flexibility index (Phi) is 5.79. The van der Waals surface area contributed by atoms with Crippen LogP contribution in [0.3, 0.4) is 0 Å². The standard InChI is InChI=1S/C18H22O5/c1-3-5-6-7-14-11-15(20)18-12(9-17(21)22-4-2)8-13(19)10-16(18)23-14/h8,10-11,19H,3-7,9H2,1-2H3. The minimum atomic E-state index is -0.439. The second-order valence-electron chi connectivity index (χ2n) is 5.49. The zero-order valence-electron chi connectivity index (χ0n) is 13.6. The number of hydrogen-bond acceptors (Lipinski definition) is 5. The summed E-state index contributed by atoms with van der Waals surface area (Å²) in [7, 11) is 0. The van der Waals surface area contributed by atoms with E-state index >= 15 is 0 Å². The van der Waals surface area contributed by atoms with E-state index in [0.29, 0.717) is 28.7 Å². The minimum Gasteiger partial charge on any atom is -0.508 e. The number of aryl methyl sites for hydroxylation is 1. The minimum absolute atomic E-state index is 0.0364. The number of phenolic OH excluding ortho intramolecular Hbond substituents is 1. The molecule has 5 heteroatoms. The summed E-state index contributed by atoms with van der Waals surface area (Å²) in [6, 6.07) is 4.30. The Hall–Kier alpha value is -2.30. The summed E-state index contributed by atoms with van der Waals surface area (Å²) in [6.07, 6.45) is 3.71. The Balaban J connectivity index is 2.41. The molecule has 0 amide bonds. The van der Waals surface area contributed by atoms with Gasteiger partial charge >= 0.3 is 5.97 Å². The second-order valence-corrected chi connectivity index (χ2v) is 5.49. The third-order valence-electron chi connectivity index (χ3n) is 3.61. The Morgan fingerprint density at radius 2 is 2.00 bits per heavy atom. The quantitative estimate of drug-likeness (QED) is 0.626. The molecule has 1 aromatic heterocycles. The molecule has 0 atom stereocenters. The van der Waals surface area contributed by atoms with Crippen molar-refractivity contribution in [1.29, 1.82) is 0 Å². The van der Waals surface area contributed by atoms with Crippen LogP contribution in [0.2, 0.25) is 0 Å². The molecule has 2 aromatic rings. The molecule has 0 aliphatic carbocycles. The molecule has 1 aromatic carbocycles. The lowest BCUT2D eigenvalue weighted by Gasteiger charge is -2.08. The SMILES string of the molecule is CCCCCc1cc(=O)c2c(CC(=O)OCC)cc(O)cc2o1. The van der Waals surface area contributed by atoms with Gasteiger partial charge in [-0.1, -0.05) is 19.8 Å². The van der Waals surface area contributed by atoms with E-state index < -0.39 is 5.97 Å². The first-order valence-electron chi connectivity index (χ1n) is 7.99. The smallest absolute Gasteiger partial charge is 0.310 e. The molecule has 0 spiro atoms. The molecule has 0 aliphatic rings. The van der Waals surface area contributed by atoms with Gasteiger partial charge in [0.05, 0.1) is 18.4 Å². The number of unbranched alkanes of at least 4 members (excludes halogenated alkanes) is 2. The van der Waals surface area contributed by atoms with Crippen molar-refractivity contribution in [1.82, 2.24) is 0 Å². The monoisotopic (exact) mass is 318 g/mol. The molecule has 0 saturated carbocycles. The number of carbonyl (C=O) groups is 1. The van der Waals surface area contributed by atoms with Gasteiger partial charge in [0.25, 0.3) is 0 Å². The fraction of sp³-hybridized carbons (Fsp3) is 0.444. The van der Waals surface area contributed by atoms with Crippen molar-refractivity contribution >= 4 is 16.9 Å². The zero-order valence-corrected chi connectivity index (χ0v) is 13.6. The lowest BCUT2D eigenvalue weighted by atomic mass is 10.0. The molecule has 1 N–H and O–H groups in total. The van der Waals surface area contributed by atoms with Gasteiger partial charge in [-0.25, -0.2) is 0 Å². The third kappa shape index (κ3) is 4.34. The maximum atomic E-state index is 12.4. The summed E-state index contributed by atoms with van der Waals surface area (Å²) in [5.41, 5.74) is 0.535. The zero-order chi connectivity index (χ0) is 16.8. The van der Waals surface area contributed by atoms with E-state index in [1.165, 1.54) is 18.2 Å². The fourth-order valence-electron chi connectivity index (χ4n) is 2.59. The van der Waals surface area contributed by atoms with Crippen molar-refractivity contribution in [3.63, 3.8) is 0 Å². The number of hydrogen-bond donors (Lipinski definition) is 1. The first-order valence-corrected chi connectivity index (χ1v) is 7.99. The number of esters is 1. The summed E-state index contributed by atoms with van der Waals surface area (Å²) >= 11 is 0. The largest absolute Gasteiger partial charge is 0.508 e. The normalized spacial score (nSPS) is 10.9. The predicted octanol–water partition coefficient (Wildman–Crippen LogP) is 3.34. The predicted molar refractivity (Wildman–Crippen MR) is 87.7 cm³/mol. The molecular formula is C18H22O5. The van der Waals surface area contributed by atoms with Crippen molar-refractivity contribution in [3.8, 4) is 5.75 Å². The first kappa shape index (κ1) is 17.1. The average Bonchev–Trinajstić information content (AvgIpc) is 2.46. The van der Waals surface area contributed by atoms with Gasteiger partial charge in [0.2, 0.25) is 0 Å². The molecule has 1 heterocycles. The highest BCUT2D eigenvalue weighted by molar-refractivity contribution is 5.86. The molecule has 0 saturated heterocycles. The van der Waals surface area contributed by atoms with Crippen LogP contribution in [0, 0.1) is 0 Å². The van der Waals surface area contributed by atoms with E-state index in [0.717, 1.165) is 19.3 Å². The van der Waals surface area contributed by atoms with Gasteiger partial charge in [0, 0.05) is 18.6 Å². The van der Waals surface area contributed by atoms with E-state index in [2.05, 4.69) is 6.92 Å². The van der Waals surface area contributed by atoms with Crippen molar-refractivity contribution in [2.45, 2.75) is 46.0 Å². The van der Waals surface area contributed by atoms with Crippen molar-refractivity contribution in [2.75, 3.05) is 6.61 Å². The Morgan fingerprint density at radius 1 is 1.22 bits per heavy atom. The highest BCUT2D eigenvalue weighted by atomic mass is 16.5. The van der Waals surface area contributed by atoms with Crippen LogP contribution in [-0.4, -0.2) is 17.7 Å². The van der Waals surface area contributed by atoms with Gasteiger partial charge in [-0.3, -0.25) is 9.59 Å². The van der Waals surface area contributed by atoms with E-state index in [1.807, 2.05) is 0 Å². The molecule has 0 radical (unpaired) electrons. The molecule has 0 bridgehead atoms. The molecule has 5 nitrogen and oxygen atoms in total. The van der Waals surface area contributed by atoms with Crippen molar-refractivity contribution in [3.05, 3.63) is 39.7 Å². The number of phenols is 1. The molecule has 0 aliphatic heterocycles. The Bertz CT molecular complexity index is 745. The molecule has 2 rings (SSSR count). The summed E-state index contributed by atoms with van der Waals surface area (Å²) in [5.74, 6) is 0.125. The van der Waals surface area contributed by atoms with Gasteiger partial charge in [-0.2, -0.15) is 0 Å². The number of rotatable bonds is 7. The average molecular weight is 318 g/mol. The van der Waals surface area contributed by atoms with Crippen LogP contribution in [-0.2, 0) is 22.4 Å². The summed E-state index contributed by atoms with van der Waals surface area (Å²) in [4.78, 5) is 24.1. The molecular weight excluding hydrogens is 296 g/mol. The lowest BCUT2D eigenvalue weighted by Crippen LogP contribution is -2.11. The maximum Gasteiger partial charge on any atom is 0.310 e. The maximum absolute atomic E-state index is 12.4. The molecule has 0 fully saturated rings. The van der Waals surface area contributed by atoms with Crippen LogP contribution in [0.4, 0.5) is 0 Å². The Morgan fingerprint density at radius 3 is 2.70 bits per heavy atom. The molecule has 124 valence electrons. The third-order valence-corrected chi connectivity index (χ3v) is 3.61. The summed E-state index contributed by atoms with van der Waals surface area (Å²) < 4.78 is 10.7. The molecule has 0 unspecified atom stereocenters. The number of aromatic hydroxyl groups is 1. The van der Waals surface area contributed by atoms with E-state index in [4.69, 9.17) is 9.15 Å².